The van der Waals surface area contributed by atoms with Gasteiger partial charge in [0.05, 0.1) is 0 Å². The average Bonchev–Trinajstić information content (AvgIpc) is 3.23. The maximum Gasteiger partial charge on any atom is 0.250 e. The van der Waals surface area contributed by atoms with Crippen molar-refractivity contribution in [3.05, 3.63) is 78.6 Å². The molecule has 0 aliphatic heterocycles. The van der Waals surface area contributed by atoms with Gasteiger partial charge >= 0.3 is 0 Å². The van der Waals surface area contributed by atoms with Crippen LogP contribution >= 0.6 is 12.2 Å². The molecular weight excluding hydrogens is 410 g/mol. The molecule has 0 unspecified atom stereocenters. The zero-order valence-electron chi connectivity index (χ0n) is 17.2. The number of hydrogen-bond acceptors (Lipinski definition) is 4. The van der Waals surface area contributed by atoms with Gasteiger partial charge in [0.25, 0.3) is 0 Å². The molecule has 0 aliphatic carbocycles. The highest BCUT2D eigenvalue weighted by atomic mass is 32.1. The lowest BCUT2D eigenvalue weighted by molar-refractivity contribution is -0.119. The Hall–Kier alpha value is -3.71. The third kappa shape index (κ3) is 6.65. The van der Waals surface area contributed by atoms with Gasteiger partial charge in [-0.15, -0.1) is 0 Å². The van der Waals surface area contributed by atoms with E-state index in [9.17, 15) is 9.59 Å². The molecule has 0 saturated heterocycles. The van der Waals surface area contributed by atoms with Crippen LogP contribution in [0.15, 0.2) is 77.2 Å². The average molecular weight is 434 g/mol. The maximum atomic E-state index is 12.1. The summed E-state index contributed by atoms with van der Waals surface area (Å²) in [7, 11) is 0. The number of rotatable bonds is 6. The molecule has 0 atom stereocenters. The number of carbonyl (C=O) groups excluding carboxylic acids is 2. The van der Waals surface area contributed by atoms with Crippen LogP contribution in [0.3, 0.4) is 0 Å². The van der Waals surface area contributed by atoms with E-state index in [1.54, 1.807) is 36.4 Å². The maximum absolute atomic E-state index is 12.1. The molecule has 3 aromatic rings. The summed E-state index contributed by atoms with van der Waals surface area (Å²) in [5, 5.41) is 8.49. The van der Waals surface area contributed by atoms with Crippen molar-refractivity contribution in [2.75, 3.05) is 10.6 Å². The molecule has 0 bridgehead atoms. The Kier molecular flexibility index (Phi) is 7.35. The number of anilines is 2. The highest BCUT2D eigenvalue weighted by Gasteiger charge is 2.07. The second kappa shape index (κ2) is 10.4. The summed E-state index contributed by atoms with van der Waals surface area (Å²) in [6, 6.07) is 20.4. The first kappa shape index (κ1) is 22.0. The first-order valence-electron chi connectivity index (χ1n) is 9.77. The summed E-state index contributed by atoms with van der Waals surface area (Å²) in [6.45, 7) is 3.66. The number of carbonyl (C=O) groups is 2. The molecule has 0 saturated carbocycles. The number of amides is 2. The van der Waals surface area contributed by atoms with Crippen molar-refractivity contribution in [2.24, 2.45) is 5.92 Å². The normalized spacial score (nSPS) is 10.8. The minimum atomic E-state index is -0.379. The lowest BCUT2D eigenvalue weighted by atomic mass is 10.2. The van der Waals surface area contributed by atoms with Crippen molar-refractivity contribution in [2.45, 2.75) is 13.8 Å². The number of nitrogens with one attached hydrogen (secondary N) is 3. The largest absolute Gasteiger partial charge is 0.457 e. The van der Waals surface area contributed by atoms with E-state index < -0.39 is 0 Å². The van der Waals surface area contributed by atoms with Gasteiger partial charge in [-0.1, -0.05) is 44.2 Å². The third-order valence-electron chi connectivity index (χ3n) is 4.26. The minimum Gasteiger partial charge on any atom is -0.457 e. The van der Waals surface area contributed by atoms with Crippen LogP contribution in [0.2, 0.25) is 0 Å². The Labute approximate surface area is 186 Å². The van der Waals surface area contributed by atoms with E-state index in [0.29, 0.717) is 17.1 Å². The lowest BCUT2D eigenvalue weighted by Crippen LogP contribution is -2.32. The molecule has 158 valence electrons. The minimum absolute atomic E-state index is 0.0530. The summed E-state index contributed by atoms with van der Waals surface area (Å²) >= 11 is 5.18. The van der Waals surface area contributed by atoms with E-state index in [2.05, 4.69) is 16.0 Å². The lowest BCUT2D eigenvalue weighted by Gasteiger charge is -2.10. The van der Waals surface area contributed by atoms with Crippen molar-refractivity contribution >= 4 is 46.6 Å². The second-order valence-electron chi connectivity index (χ2n) is 7.07. The molecule has 7 heteroatoms. The van der Waals surface area contributed by atoms with Gasteiger partial charge in [0.1, 0.15) is 11.5 Å². The van der Waals surface area contributed by atoms with Gasteiger partial charge in [0.2, 0.25) is 11.8 Å². The van der Waals surface area contributed by atoms with E-state index in [-0.39, 0.29) is 22.8 Å². The Morgan fingerprint density at radius 2 is 1.55 bits per heavy atom. The van der Waals surface area contributed by atoms with E-state index in [1.165, 1.54) is 6.08 Å². The molecule has 3 N–H and O–H groups in total. The molecule has 6 nitrogen and oxygen atoms in total. The van der Waals surface area contributed by atoms with Crippen molar-refractivity contribution in [1.29, 1.82) is 0 Å². The molecule has 0 radical (unpaired) electrons. The third-order valence-corrected chi connectivity index (χ3v) is 4.46. The predicted molar refractivity (Wildman–Crippen MR) is 127 cm³/mol. The molecule has 3 rings (SSSR count). The first-order chi connectivity index (χ1) is 14.9. The van der Waals surface area contributed by atoms with Crippen LogP contribution in [0, 0.1) is 5.92 Å². The van der Waals surface area contributed by atoms with Gasteiger partial charge < -0.3 is 15.1 Å². The zero-order valence-corrected chi connectivity index (χ0v) is 18.0. The fourth-order valence-corrected chi connectivity index (χ4v) is 2.82. The van der Waals surface area contributed by atoms with Crippen LogP contribution in [-0.2, 0) is 9.59 Å². The summed E-state index contributed by atoms with van der Waals surface area (Å²) in [5.41, 5.74) is 2.34. The van der Waals surface area contributed by atoms with Crippen LogP contribution in [0.4, 0.5) is 11.4 Å². The fraction of sp³-hybridized carbons (Fsp3) is 0.125. The Bertz CT molecular complexity index is 1090. The van der Waals surface area contributed by atoms with Gasteiger partial charge in [0.15, 0.2) is 5.11 Å². The molecule has 2 amide bonds. The molecule has 1 aromatic heterocycles. The molecule has 0 fully saturated rings. The van der Waals surface area contributed by atoms with E-state index in [0.717, 1.165) is 11.3 Å². The summed E-state index contributed by atoms with van der Waals surface area (Å²) in [4.78, 5) is 23.8. The predicted octanol–water partition coefficient (Wildman–Crippen LogP) is 5.07. The van der Waals surface area contributed by atoms with Gasteiger partial charge in [-0.3, -0.25) is 14.9 Å². The quantitative estimate of drug-likeness (QED) is 0.374. The van der Waals surface area contributed by atoms with E-state index in [1.807, 2.05) is 50.2 Å². The number of hydrogen-bond donors (Lipinski definition) is 3. The Morgan fingerprint density at radius 3 is 2.19 bits per heavy atom. The number of thiocarbonyl (C=S) groups is 1. The van der Waals surface area contributed by atoms with Crippen LogP contribution in [0.25, 0.3) is 17.4 Å². The summed E-state index contributed by atoms with van der Waals surface area (Å²) in [5.74, 6) is 0.760. The fourth-order valence-electron chi connectivity index (χ4n) is 2.60. The number of furan rings is 1. The molecule has 31 heavy (non-hydrogen) atoms. The van der Waals surface area contributed by atoms with Crippen molar-refractivity contribution < 1.29 is 14.0 Å². The van der Waals surface area contributed by atoms with E-state index in [4.69, 9.17) is 16.6 Å². The first-order valence-corrected chi connectivity index (χ1v) is 10.2. The molecular formula is C24H23N3O3S. The van der Waals surface area contributed by atoms with Gasteiger partial charge in [-0.05, 0) is 54.7 Å². The molecule has 2 aromatic carbocycles. The van der Waals surface area contributed by atoms with Gasteiger partial charge in [-0.2, -0.15) is 0 Å². The standard InChI is InChI=1S/C24H23N3O3S/c1-16(2)23(29)25-18-8-10-19(11-9-18)26-24(31)27-22(28)15-13-20-12-14-21(30-20)17-6-4-3-5-7-17/h3-16H,1-2H3,(H,25,29)(H2,26,27,28,31)/b15-13+. The topological polar surface area (TPSA) is 83.4 Å². The summed E-state index contributed by atoms with van der Waals surface area (Å²) < 4.78 is 5.73. The van der Waals surface area contributed by atoms with Crippen molar-refractivity contribution in [3.63, 3.8) is 0 Å². The highest BCUT2D eigenvalue weighted by molar-refractivity contribution is 7.80. The van der Waals surface area contributed by atoms with Crippen LogP contribution in [-0.4, -0.2) is 16.9 Å². The Balaban J connectivity index is 1.50. The highest BCUT2D eigenvalue weighted by Crippen LogP contribution is 2.22. The zero-order chi connectivity index (χ0) is 22.2. The number of benzene rings is 2. The van der Waals surface area contributed by atoms with Crippen LogP contribution in [0.5, 0.6) is 0 Å². The molecule has 1 heterocycles. The smallest absolute Gasteiger partial charge is 0.250 e. The second-order valence-corrected chi connectivity index (χ2v) is 7.47. The molecule has 0 spiro atoms. The summed E-state index contributed by atoms with van der Waals surface area (Å²) in [6.07, 6.45) is 2.93. The van der Waals surface area contributed by atoms with Crippen LogP contribution < -0.4 is 16.0 Å². The van der Waals surface area contributed by atoms with Gasteiger partial charge in [-0.25, -0.2) is 0 Å². The van der Waals surface area contributed by atoms with Gasteiger partial charge in [0, 0.05) is 28.9 Å². The van der Waals surface area contributed by atoms with Crippen molar-refractivity contribution in [1.82, 2.24) is 5.32 Å². The van der Waals surface area contributed by atoms with Crippen LogP contribution in [0.1, 0.15) is 19.6 Å². The molecule has 0 aliphatic rings. The SMILES string of the molecule is CC(C)C(=O)Nc1ccc(NC(=S)NC(=O)/C=C/c2ccc(-c3ccccc3)o2)cc1. The van der Waals surface area contributed by atoms with E-state index >= 15 is 0 Å². The monoisotopic (exact) mass is 433 g/mol. The van der Waals surface area contributed by atoms with Crippen molar-refractivity contribution in [3.8, 4) is 11.3 Å². The Morgan fingerprint density at radius 1 is 0.903 bits per heavy atom.